The molecule has 4 rings (SSSR count). The van der Waals surface area contributed by atoms with E-state index in [1.807, 2.05) is 30.3 Å². The predicted octanol–water partition coefficient (Wildman–Crippen LogP) is 3.53. The lowest BCUT2D eigenvalue weighted by atomic mass is 10.2. The first-order valence-corrected chi connectivity index (χ1v) is 10.1. The summed E-state index contributed by atoms with van der Waals surface area (Å²) < 4.78 is 2.26. The first-order valence-electron chi connectivity index (χ1n) is 9.08. The number of hydrogen-bond acceptors (Lipinski definition) is 5. The van der Waals surface area contributed by atoms with Crippen LogP contribution in [-0.2, 0) is 4.79 Å². The lowest BCUT2D eigenvalue weighted by molar-refractivity contribution is -0.116. The van der Waals surface area contributed by atoms with Crippen LogP contribution in [0, 0.1) is 11.3 Å². The van der Waals surface area contributed by atoms with Gasteiger partial charge < -0.3 is 9.47 Å². The summed E-state index contributed by atoms with van der Waals surface area (Å²) in [5, 5.41) is 18.5. The number of carbonyl (C=O) groups is 1. The molecule has 2 saturated carbocycles. The van der Waals surface area contributed by atoms with Gasteiger partial charge >= 0.3 is 0 Å². The highest BCUT2D eigenvalue weighted by Crippen LogP contribution is 2.46. The van der Waals surface area contributed by atoms with Crippen LogP contribution in [0.2, 0.25) is 0 Å². The fourth-order valence-corrected chi connectivity index (χ4v) is 3.94. The van der Waals surface area contributed by atoms with E-state index in [2.05, 4.69) is 20.8 Å². The second-order valence-electron chi connectivity index (χ2n) is 6.79. The number of amides is 1. The molecule has 134 valence electrons. The second kappa shape index (κ2) is 7.50. The second-order valence-corrected chi connectivity index (χ2v) is 7.74. The number of rotatable bonds is 8. The van der Waals surface area contributed by atoms with Crippen molar-refractivity contribution in [2.45, 2.75) is 49.2 Å². The van der Waals surface area contributed by atoms with E-state index in [1.54, 1.807) is 4.90 Å². The Labute approximate surface area is 157 Å². The van der Waals surface area contributed by atoms with Crippen LogP contribution >= 0.6 is 11.8 Å². The predicted molar refractivity (Wildman–Crippen MR) is 100 cm³/mol. The largest absolute Gasteiger partial charge is 0.311 e. The van der Waals surface area contributed by atoms with E-state index < -0.39 is 0 Å². The van der Waals surface area contributed by atoms with Crippen LogP contribution in [-0.4, -0.2) is 33.0 Å². The number of anilines is 1. The van der Waals surface area contributed by atoms with Gasteiger partial charge in [-0.1, -0.05) is 30.0 Å². The molecule has 2 aliphatic carbocycles. The molecule has 2 aliphatic rings. The average Bonchev–Trinajstić information content (AvgIpc) is 3.60. The van der Waals surface area contributed by atoms with Crippen molar-refractivity contribution in [1.29, 1.82) is 5.26 Å². The van der Waals surface area contributed by atoms with E-state index >= 15 is 0 Å². The summed E-state index contributed by atoms with van der Waals surface area (Å²) in [7, 11) is 0. The fourth-order valence-electron chi connectivity index (χ4n) is 3.05. The highest BCUT2D eigenvalue weighted by atomic mass is 32.2. The molecule has 6 nitrogen and oxygen atoms in total. The van der Waals surface area contributed by atoms with Crippen molar-refractivity contribution in [3.05, 3.63) is 36.2 Å². The molecule has 0 radical (unpaired) electrons. The molecule has 2 aromatic rings. The molecule has 0 aliphatic heterocycles. The van der Waals surface area contributed by atoms with Gasteiger partial charge in [-0.15, -0.1) is 10.2 Å². The molecule has 0 N–H and O–H groups in total. The van der Waals surface area contributed by atoms with E-state index in [4.69, 9.17) is 5.26 Å². The summed E-state index contributed by atoms with van der Waals surface area (Å²) in [5.74, 6) is 1.96. The molecule has 1 amide bonds. The maximum atomic E-state index is 12.8. The van der Waals surface area contributed by atoms with Gasteiger partial charge in [0.25, 0.3) is 0 Å². The molecule has 0 unspecified atom stereocenters. The minimum absolute atomic E-state index is 0.00484. The summed E-state index contributed by atoms with van der Waals surface area (Å²) in [6.45, 7) is 0.405. The minimum atomic E-state index is -0.00484. The fraction of sp³-hybridized carbons (Fsp3) is 0.474. The number of benzene rings is 1. The van der Waals surface area contributed by atoms with Gasteiger partial charge in [-0.05, 0) is 37.8 Å². The molecule has 0 bridgehead atoms. The summed E-state index contributed by atoms with van der Waals surface area (Å²) >= 11 is 1.46. The Morgan fingerprint density at radius 3 is 2.65 bits per heavy atom. The SMILES string of the molecule is N#CCCN(C(=O)CSc1nnc(C2CC2)n1C1CC1)c1ccccc1. The number of hydrogen-bond donors (Lipinski definition) is 0. The molecule has 1 heterocycles. The van der Waals surface area contributed by atoms with E-state index in [9.17, 15) is 4.79 Å². The summed E-state index contributed by atoms with van der Waals surface area (Å²) in [6, 6.07) is 12.2. The number of para-hydroxylation sites is 1. The van der Waals surface area contributed by atoms with Gasteiger partial charge in [0.15, 0.2) is 5.16 Å². The van der Waals surface area contributed by atoms with Crippen LogP contribution in [0.3, 0.4) is 0 Å². The number of thioether (sulfide) groups is 1. The topological polar surface area (TPSA) is 74.8 Å². The Morgan fingerprint density at radius 2 is 2.00 bits per heavy atom. The van der Waals surface area contributed by atoms with E-state index in [0.717, 1.165) is 16.7 Å². The Bertz CT molecular complexity index is 820. The van der Waals surface area contributed by atoms with Crippen molar-refractivity contribution in [3.63, 3.8) is 0 Å². The zero-order valence-electron chi connectivity index (χ0n) is 14.5. The lowest BCUT2D eigenvalue weighted by Gasteiger charge is -2.21. The van der Waals surface area contributed by atoms with E-state index in [0.29, 0.717) is 30.7 Å². The highest BCUT2D eigenvalue weighted by molar-refractivity contribution is 7.99. The zero-order chi connectivity index (χ0) is 17.9. The van der Waals surface area contributed by atoms with Crippen molar-refractivity contribution in [3.8, 4) is 6.07 Å². The van der Waals surface area contributed by atoms with Crippen LogP contribution in [0.1, 0.15) is 49.9 Å². The quantitative estimate of drug-likeness (QED) is 0.667. The third kappa shape index (κ3) is 3.75. The Kier molecular flexibility index (Phi) is 4.93. The molecule has 0 spiro atoms. The molecular weight excluding hydrogens is 346 g/mol. The normalized spacial score (nSPS) is 16.3. The van der Waals surface area contributed by atoms with Crippen LogP contribution in [0.25, 0.3) is 0 Å². The van der Waals surface area contributed by atoms with Crippen LogP contribution in [0.5, 0.6) is 0 Å². The number of nitrogens with zero attached hydrogens (tertiary/aromatic N) is 5. The van der Waals surface area contributed by atoms with E-state index in [-0.39, 0.29) is 5.91 Å². The zero-order valence-corrected chi connectivity index (χ0v) is 15.4. The van der Waals surface area contributed by atoms with Gasteiger partial charge in [-0.2, -0.15) is 5.26 Å². The van der Waals surface area contributed by atoms with Crippen molar-refractivity contribution < 1.29 is 4.79 Å². The smallest absolute Gasteiger partial charge is 0.237 e. The lowest BCUT2D eigenvalue weighted by Crippen LogP contribution is -2.33. The number of nitriles is 1. The monoisotopic (exact) mass is 367 g/mol. The molecule has 1 aromatic heterocycles. The van der Waals surface area contributed by atoms with Crippen molar-refractivity contribution in [1.82, 2.24) is 14.8 Å². The Hall–Kier alpha value is -2.33. The maximum absolute atomic E-state index is 12.8. The summed E-state index contributed by atoms with van der Waals surface area (Å²) in [6.07, 6.45) is 5.07. The third-order valence-electron chi connectivity index (χ3n) is 4.69. The molecule has 0 saturated heterocycles. The standard InChI is InChI=1S/C19H21N5OS/c20-11-4-12-23(15-5-2-1-3-6-15)17(25)13-26-19-22-21-18(14-7-8-14)24(19)16-9-10-16/h1-3,5-6,14,16H,4,7-10,12-13H2. The maximum Gasteiger partial charge on any atom is 0.237 e. The van der Waals surface area contributed by atoms with Crippen LogP contribution in [0.15, 0.2) is 35.5 Å². The minimum Gasteiger partial charge on any atom is -0.311 e. The van der Waals surface area contributed by atoms with Crippen molar-refractivity contribution in [2.24, 2.45) is 0 Å². The summed E-state index contributed by atoms with van der Waals surface area (Å²) in [4.78, 5) is 14.5. The van der Waals surface area contributed by atoms with Gasteiger partial charge in [0.2, 0.25) is 5.91 Å². The van der Waals surface area contributed by atoms with E-state index in [1.165, 1.54) is 37.4 Å². The number of aromatic nitrogens is 3. The Balaban J connectivity index is 1.46. The van der Waals surface area contributed by atoms with Gasteiger partial charge in [0.1, 0.15) is 5.82 Å². The molecule has 1 aromatic carbocycles. The molecule has 0 atom stereocenters. The Morgan fingerprint density at radius 1 is 1.23 bits per heavy atom. The molecule has 26 heavy (non-hydrogen) atoms. The average molecular weight is 367 g/mol. The van der Waals surface area contributed by atoms with Gasteiger partial charge in [0, 0.05) is 24.2 Å². The van der Waals surface area contributed by atoms with Gasteiger partial charge in [-0.3, -0.25) is 4.79 Å². The van der Waals surface area contributed by atoms with Gasteiger partial charge in [0.05, 0.1) is 18.2 Å². The third-order valence-corrected chi connectivity index (χ3v) is 5.61. The molecule has 7 heteroatoms. The van der Waals surface area contributed by atoms with Crippen molar-refractivity contribution in [2.75, 3.05) is 17.2 Å². The molecular formula is C19H21N5OS. The highest BCUT2D eigenvalue weighted by Gasteiger charge is 2.36. The van der Waals surface area contributed by atoms with Crippen LogP contribution in [0.4, 0.5) is 5.69 Å². The first kappa shape index (κ1) is 17.1. The summed E-state index contributed by atoms with van der Waals surface area (Å²) in [5.41, 5.74) is 0.829. The number of carbonyl (C=O) groups excluding carboxylic acids is 1. The van der Waals surface area contributed by atoms with Crippen LogP contribution < -0.4 is 4.90 Å². The molecule has 2 fully saturated rings. The van der Waals surface area contributed by atoms with Crippen molar-refractivity contribution >= 4 is 23.4 Å². The van der Waals surface area contributed by atoms with Gasteiger partial charge in [-0.25, -0.2) is 0 Å². The first-order chi connectivity index (χ1) is 12.8.